The smallest absolute Gasteiger partial charge is 0.337 e. The van der Waals surface area contributed by atoms with E-state index >= 15 is 0 Å². The zero-order valence-corrected chi connectivity index (χ0v) is 18.5. The standard InChI is InChI=1S/C26H34O4/c1-16(17-12-14-18(15-13-17)25(27)29-2)23(26(28)30-3)24-21-10-6-4-8-19(21)20-9-5-7-11-22(20)24/h12-15,19-22,24H,4-11H2,1-3H3. The molecule has 0 heterocycles. The predicted octanol–water partition coefficient (Wildman–Crippen LogP) is 5.66. The number of carbonyl (C=O) groups is 2. The lowest BCUT2D eigenvalue weighted by Crippen LogP contribution is -2.28. The van der Waals surface area contributed by atoms with E-state index in [4.69, 9.17) is 9.47 Å². The molecule has 4 rings (SSSR count). The topological polar surface area (TPSA) is 52.6 Å². The summed E-state index contributed by atoms with van der Waals surface area (Å²) in [5.74, 6) is 2.52. The van der Waals surface area contributed by atoms with Crippen LogP contribution in [0.15, 0.2) is 29.8 Å². The van der Waals surface area contributed by atoms with Gasteiger partial charge in [-0.25, -0.2) is 9.59 Å². The molecule has 1 aromatic rings. The third-order valence-electron chi connectivity index (χ3n) is 8.10. The van der Waals surface area contributed by atoms with Crippen LogP contribution in [0.1, 0.15) is 74.2 Å². The molecule has 4 unspecified atom stereocenters. The van der Waals surface area contributed by atoms with Gasteiger partial charge >= 0.3 is 11.9 Å². The molecule has 0 saturated heterocycles. The van der Waals surface area contributed by atoms with E-state index < -0.39 is 0 Å². The highest BCUT2D eigenvalue weighted by atomic mass is 16.5. The quantitative estimate of drug-likeness (QED) is 0.474. The fourth-order valence-corrected chi connectivity index (χ4v) is 6.86. The Bertz CT molecular complexity index is 800. The van der Waals surface area contributed by atoms with Crippen molar-refractivity contribution in [2.24, 2.45) is 29.6 Å². The molecule has 1 aromatic carbocycles. The number of methoxy groups -OCH3 is 2. The molecule has 0 amide bonds. The Morgan fingerprint density at radius 2 is 1.20 bits per heavy atom. The number of benzene rings is 1. The molecule has 4 atom stereocenters. The first-order valence-electron chi connectivity index (χ1n) is 11.5. The molecule has 0 bridgehead atoms. The van der Waals surface area contributed by atoms with Crippen molar-refractivity contribution in [1.82, 2.24) is 0 Å². The first-order chi connectivity index (χ1) is 14.6. The maximum atomic E-state index is 13.1. The Kier molecular flexibility index (Phi) is 6.31. The third-order valence-corrected chi connectivity index (χ3v) is 8.10. The molecule has 0 spiro atoms. The SMILES string of the molecule is COC(=O)C(=C(C)c1ccc(C(=O)OC)cc1)C1C2CCCCC2C2CCCCC21. The van der Waals surface area contributed by atoms with Crippen molar-refractivity contribution >= 4 is 17.5 Å². The normalized spacial score (nSPS) is 31.2. The molecule has 30 heavy (non-hydrogen) atoms. The summed E-state index contributed by atoms with van der Waals surface area (Å²) < 4.78 is 10.1. The minimum Gasteiger partial charge on any atom is -0.466 e. The van der Waals surface area contributed by atoms with Gasteiger partial charge in [0.2, 0.25) is 0 Å². The van der Waals surface area contributed by atoms with Crippen LogP contribution in [0.3, 0.4) is 0 Å². The van der Waals surface area contributed by atoms with Crippen LogP contribution >= 0.6 is 0 Å². The van der Waals surface area contributed by atoms with E-state index in [2.05, 4.69) is 0 Å². The van der Waals surface area contributed by atoms with Gasteiger partial charge in [0.1, 0.15) is 0 Å². The van der Waals surface area contributed by atoms with Crippen LogP contribution in [0.2, 0.25) is 0 Å². The minimum absolute atomic E-state index is 0.176. The van der Waals surface area contributed by atoms with Gasteiger partial charge in [-0.1, -0.05) is 37.8 Å². The van der Waals surface area contributed by atoms with Gasteiger partial charge < -0.3 is 9.47 Å². The number of fused-ring (bicyclic) bond motifs is 3. The highest BCUT2D eigenvalue weighted by Crippen LogP contribution is 2.60. The maximum Gasteiger partial charge on any atom is 0.337 e. The van der Waals surface area contributed by atoms with Gasteiger partial charge in [-0.2, -0.15) is 0 Å². The van der Waals surface area contributed by atoms with Crippen LogP contribution in [-0.4, -0.2) is 26.2 Å². The van der Waals surface area contributed by atoms with Crippen molar-refractivity contribution < 1.29 is 19.1 Å². The lowest BCUT2D eigenvalue weighted by Gasteiger charge is -2.32. The van der Waals surface area contributed by atoms with Gasteiger partial charge in [0.15, 0.2) is 0 Å². The predicted molar refractivity (Wildman–Crippen MR) is 117 cm³/mol. The highest BCUT2D eigenvalue weighted by Gasteiger charge is 2.53. The van der Waals surface area contributed by atoms with Crippen molar-refractivity contribution in [3.05, 3.63) is 41.0 Å². The second kappa shape index (κ2) is 8.95. The van der Waals surface area contributed by atoms with Gasteiger partial charge in [-0.05, 0) is 85.5 Å². The molecule has 162 valence electrons. The fourth-order valence-electron chi connectivity index (χ4n) is 6.86. The van der Waals surface area contributed by atoms with Gasteiger partial charge in [0, 0.05) is 5.57 Å². The molecule has 4 heteroatoms. The van der Waals surface area contributed by atoms with Crippen molar-refractivity contribution in [3.63, 3.8) is 0 Å². The molecule has 0 aliphatic heterocycles. The number of allylic oxidation sites excluding steroid dienone is 1. The molecule has 3 fully saturated rings. The molecular formula is C26H34O4. The van der Waals surface area contributed by atoms with Crippen LogP contribution in [0.4, 0.5) is 0 Å². The first-order valence-corrected chi connectivity index (χ1v) is 11.5. The summed E-state index contributed by atoms with van der Waals surface area (Å²) in [4.78, 5) is 24.9. The highest BCUT2D eigenvalue weighted by molar-refractivity contribution is 5.98. The summed E-state index contributed by atoms with van der Waals surface area (Å²) in [5, 5.41) is 0. The Hall–Kier alpha value is -2.10. The van der Waals surface area contributed by atoms with Crippen molar-refractivity contribution in [2.75, 3.05) is 14.2 Å². The van der Waals surface area contributed by atoms with Crippen molar-refractivity contribution in [2.45, 2.75) is 58.3 Å². The summed E-state index contributed by atoms with van der Waals surface area (Å²) >= 11 is 0. The van der Waals surface area contributed by atoms with Crippen molar-refractivity contribution in [3.8, 4) is 0 Å². The lowest BCUT2D eigenvalue weighted by molar-refractivity contribution is -0.137. The molecule has 0 aromatic heterocycles. The summed E-state index contributed by atoms with van der Waals surface area (Å²) in [6.45, 7) is 2.05. The number of rotatable bonds is 4. The van der Waals surface area contributed by atoms with Gasteiger partial charge in [-0.15, -0.1) is 0 Å². The zero-order valence-electron chi connectivity index (χ0n) is 18.5. The van der Waals surface area contributed by atoms with Crippen LogP contribution in [0, 0.1) is 29.6 Å². The molecule has 3 aliphatic rings. The summed E-state index contributed by atoms with van der Waals surface area (Å²) in [7, 11) is 2.89. The van der Waals surface area contributed by atoms with E-state index in [1.807, 2.05) is 19.1 Å². The van der Waals surface area contributed by atoms with E-state index in [1.165, 1.54) is 65.6 Å². The summed E-state index contributed by atoms with van der Waals surface area (Å²) in [6, 6.07) is 7.41. The molecule has 4 nitrogen and oxygen atoms in total. The van der Waals surface area contributed by atoms with E-state index in [0.29, 0.717) is 23.3 Å². The molecule has 0 N–H and O–H groups in total. The third kappa shape index (κ3) is 3.70. The Labute approximate surface area is 180 Å². The zero-order chi connectivity index (χ0) is 21.3. The molecular weight excluding hydrogens is 376 g/mol. The van der Waals surface area contributed by atoms with Crippen LogP contribution in [-0.2, 0) is 14.3 Å². The monoisotopic (exact) mass is 410 g/mol. The average Bonchev–Trinajstić information content (AvgIpc) is 3.13. The van der Waals surface area contributed by atoms with E-state index in [0.717, 1.165) is 28.5 Å². The number of ether oxygens (including phenoxy) is 2. The largest absolute Gasteiger partial charge is 0.466 e. The second-order valence-electron chi connectivity index (χ2n) is 9.35. The summed E-state index contributed by atoms with van der Waals surface area (Å²) in [6.07, 6.45) is 10.3. The van der Waals surface area contributed by atoms with E-state index in [-0.39, 0.29) is 11.9 Å². The van der Waals surface area contributed by atoms with E-state index in [1.54, 1.807) is 12.1 Å². The van der Waals surface area contributed by atoms with Crippen LogP contribution in [0.25, 0.3) is 5.57 Å². The average molecular weight is 411 g/mol. The first kappa shape index (κ1) is 21.1. The minimum atomic E-state index is -0.345. The van der Waals surface area contributed by atoms with Crippen molar-refractivity contribution in [1.29, 1.82) is 0 Å². The second-order valence-corrected chi connectivity index (χ2v) is 9.35. The number of hydrogen-bond donors (Lipinski definition) is 0. The lowest BCUT2D eigenvalue weighted by atomic mass is 9.72. The van der Waals surface area contributed by atoms with Gasteiger partial charge in [0.05, 0.1) is 19.8 Å². The number of esters is 2. The number of hydrogen-bond acceptors (Lipinski definition) is 4. The Balaban J connectivity index is 1.76. The van der Waals surface area contributed by atoms with Gasteiger partial charge in [-0.3, -0.25) is 0 Å². The molecule has 3 saturated carbocycles. The van der Waals surface area contributed by atoms with Crippen LogP contribution < -0.4 is 0 Å². The number of carbonyl (C=O) groups excluding carboxylic acids is 2. The van der Waals surface area contributed by atoms with Crippen LogP contribution in [0.5, 0.6) is 0 Å². The van der Waals surface area contributed by atoms with Gasteiger partial charge in [0.25, 0.3) is 0 Å². The Morgan fingerprint density at radius 3 is 1.67 bits per heavy atom. The van der Waals surface area contributed by atoms with E-state index in [9.17, 15) is 9.59 Å². The summed E-state index contributed by atoms with van der Waals surface area (Å²) in [5.41, 5.74) is 3.39. The maximum absolute atomic E-state index is 13.1. The fraction of sp³-hybridized carbons (Fsp3) is 0.615. The Morgan fingerprint density at radius 1 is 0.733 bits per heavy atom. The molecule has 0 radical (unpaired) electrons. The molecule has 3 aliphatic carbocycles.